The lowest BCUT2D eigenvalue weighted by Crippen LogP contribution is -2.45. The summed E-state index contributed by atoms with van der Waals surface area (Å²) in [5, 5.41) is 3.18. The molecule has 3 rings (SSSR count). The van der Waals surface area contributed by atoms with Gasteiger partial charge >= 0.3 is 7.52 Å². The van der Waals surface area contributed by atoms with Crippen LogP contribution >= 0.6 is 7.52 Å². The van der Waals surface area contributed by atoms with Crippen LogP contribution in [0, 0.1) is 16.7 Å². The third-order valence-corrected chi connectivity index (χ3v) is 8.68. The highest BCUT2D eigenvalue weighted by atomic mass is 32.2. The minimum absolute atomic E-state index is 0.00869. The van der Waals surface area contributed by atoms with Crippen molar-refractivity contribution in [3.05, 3.63) is 18.2 Å². The average molecular weight is 541 g/mol. The zero-order chi connectivity index (χ0) is 27.3. The lowest BCUT2D eigenvalue weighted by atomic mass is 9.82. The summed E-state index contributed by atoms with van der Waals surface area (Å²) in [6, 6.07) is 3.77. The molecule has 1 aromatic carbocycles. The minimum atomic E-state index is -3.91. The number of likely N-dealkylation sites (tertiary alicyclic amines) is 1. The van der Waals surface area contributed by atoms with E-state index in [1.165, 1.54) is 18.2 Å². The molecule has 1 fully saturated rings. The molecule has 3 atom stereocenters. The van der Waals surface area contributed by atoms with Crippen molar-refractivity contribution in [2.75, 3.05) is 29.4 Å². The van der Waals surface area contributed by atoms with Crippen molar-refractivity contribution in [2.24, 2.45) is 21.5 Å². The maximum atomic E-state index is 13.9. The van der Waals surface area contributed by atoms with Gasteiger partial charge in [-0.05, 0) is 42.4 Å². The monoisotopic (exact) mass is 540 g/mol. The van der Waals surface area contributed by atoms with Gasteiger partial charge in [0.1, 0.15) is 5.84 Å². The molecule has 0 saturated carbocycles. The Balaban J connectivity index is 2.06. The van der Waals surface area contributed by atoms with Crippen molar-refractivity contribution in [3.63, 3.8) is 0 Å². The number of ketones is 1. The number of nitrogens with zero attached hydrogens (tertiary/aromatic N) is 2. The second-order valence-corrected chi connectivity index (χ2v) is 15.3. The molecular weight excluding hydrogens is 503 g/mol. The van der Waals surface area contributed by atoms with E-state index in [1.54, 1.807) is 11.8 Å². The van der Waals surface area contributed by atoms with Gasteiger partial charge < -0.3 is 14.7 Å². The second-order valence-electron chi connectivity index (χ2n) is 11.6. The molecule has 2 aliphatic rings. The summed E-state index contributed by atoms with van der Waals surface area (Å²) in [7, 11) is -7.48. The Morgan fingerprint density at radius 1 is 1.17 bits per heavy atom. The molecule has 0 aromatic heterocycles. The van der Waals surface area contributed by atoms with Crippen molar-refractivity contribution in [1.29, 1.82) is 0 Å². The number of carbonyl (C=O) groups excluding carboxylic acids is 2. The lowest BCUT2D eigenvalue weighted by molar-refractivity contribution is -0.132. The zero-order valence-corrected chi connectivity index (χ0v) is 23.9. The van der Waals surface area contributed by atoms with Gasteiger partial charge in [-0.15, -0.1) is 0 Å². The molecule has 2 N–H and O–H groups in total. The molecule has 0 spiro atoms. The molecule has 12 heteroatoms. The van der Waals surface area contributed by atoms with Gasteiger partial charge in [0.2, 0.25) is 15.9 Å². The highest BCUT2D eigenvalue weighted by Gasteiger charge is 2.55. The van der Waals surface area contributed by atoms with Crippen LogP contribution in [0.3, 0.4) is 0 Å². The first-order valence-electron chi connectivity index (χ1n) is 11.9. The molecule has 0 aliphatic carbocycles. The van der Waals surface area contributed by atoms with E-state index in [9.17, 15) is 22.6 Å². The number of Topliss-reactive ketones (excluding diaryl/α,β-unsaturated/α-hetero) is 1. The van der Waals surface area contributed by atoms with Gasteiger partial charge in [0.05, 0.1) is 29.9 Å². The standard InChI is InChI=1S/C24H37N4O6PS/c1-9-34-35(31)17-14-15(27-36(8,32)33)10-11-16(17)25-21(26-35)18-19(29)20(24(5,6)7)28(22(18)30)13-12-23(2,3)4/h10-11,14,18,20,27H,9,12-13H2,1-8H3,(H,25,26,31). The number of amides is 1. The predicted octanol–water partition coefficient (Wildman–Crippen LogP) is 3.62. The average Bonchev–Trinajstić information content (AvgIpc) is 2.95. The second kappa shape index (κ2) is 9.58. The van der Waals surface area contributed by atoms with Crippen molar-refractivity contribution < 1.29 is 27.1 Å². The van der Waals surface area contributed by atoms with Gasteiger partial charge in [0, 0.05) is 12.2 Å². The summed E-state index contributed by atoms with van der Waals surface area (Å²) in [6.07, 6.45) is 1.72. The van der Waals surface area contributed by atoms with Crippen LogP contribution in [0.4, 0.5) is 11.4 Å². The van der Waals surface area contributed by atoms with Crippen LogP contribution in [0.15, 0.2) is 23.0 Å². The van der Waals surface area contributed by atoms with Crippen molar-refractivity contribution in [3.8, 4) is 0 Å². The van der Waals surface area contributed by atoms with E-state index in [2.05, 4.69) is 35.6 Å². The first-order valence-corrected chi connectivity index (χ1v) is 15.4. The molecule has 0 bridgehead atoms. The molecule has 2 heterocycles. The highest BCUT2D eigenvalue weighted by Crippen LogP contribution is 2.53. The first-order chi connectivity index (χ1) is 16.4. The summed E-state index contributed by atoms with van der Waals surface area (Å²) in [5.74, 6) is -1.91. The van der Waals surface area contributed by atoms with Crippen LogP contribution in [0.2, 0.25) is 0 Å². The summed E-state index contributed by atoms with van der Waals surface area (Å²) in [5.41, 5.74) is -0.00335. The summed E-state index contributed by atoms with van der Waals surface area (Å²) in [6.45, 7) is 14.1. The van der Waals surface area contributed by atoms with E-state index in [0.717, 1.165) is 6.26 Å². The molecule has 1 amide bonds. The number of carbonyl (C=O) groups is 2. The Morgan fingerprint density at radius 2 is 1.81 bits per heavy atom. The fourth-order valence-electron chi connectivity index (χ4n) is 4.48. The van der Waals surface area contributed by atoms with Crippen molar-refractivity contribution in [2.45, 2.75) is 60.9 Å². The van der Waals surface area contributed by atoms with Crippen LogP contribution in [0.5, 0.6) is 0 Å². The fraction of sp³-hybridized carbons (Fsp3) is 0.625. The molecule has 10 nitrogen and oxygen atoms in total. The quantitative estimate of drug-likeness (QED) is 0.399. The number of sulfonamides is 1. The normalized spacial score (nSPS) is 24.9. The fourth-order valence-corrected chi connectivity index (χ4v) is 6.87. The number of anilines is 2. The van der Waals surface area contributed by atoms with Gasteiger partial charge in [-0.25, -0.2) is 8.42 Å². The molecule has 1 saturated heterocycles. The van der Waals surface area contributed by atoms with E-state index in [0.29, 0.717) is 18.7 Å². The molecule has 0 radical (unpaired) electrons. The Morgan fingerprint density at radius 3 is 2.33 bits per heavy atom. The van der Waals surface area contributed by atoms with Crippen molar-refractivity contribution >= 4 is 51.7 Å². The molecule has 2 aliphatic heterocycles. The van der Waals surface area contributed by atoms with Gasteiger partial charge in [0.15, 0.2) is 11.7 Å². The Labute approximate surface area is 213 Å². The summed E-state index contributed by atoms with van der Waals surface area (Å²) < 4.78 is 49.5. The molecular formula is C24H37N4O6PS. The van der Waals surface area contributed by atoms with Gasteiger partial charge in [-0.1, -0.05) is 41.5 Å². The van der Waals surface area contributed by atoms with E-state index in [1.807, 2.05) is 20.8 Å². The van der Waals surface area contributed by atoms with Gasteiger partial charge in [-0.3, -0.25) is 18.9 Å². The summed E-state index contributed by atoms with van der Waals surface area (Å²) >= 11 is 0. The lowest BCUT2D eigenvalue weighted by Gasteiger charge is -2.35. The maximum Gasteiger partial charge on any atom is 0.348 e. The topological polar surface area (TPSA) is 134 Å². The molecule has 3 unspecified atom stereocenters. The third-order valence-electron chi connectivity index (χ3n) is 6.00. The van der Waals surface area contributed by atoms with E-state index < -0.39 is 34.9 Å². The smallest absolute Gasteiger partial charge is 0.342 e. The number of benzene rings is 1. The van der Waals surface area contributed by atoms with Crippen LogP contribution in [0.1, 0.15) is 54.9 Å². The van der Waals surface area contributed by atoms with Crippen molar-refractivity contribution in [1.82, 2.24) is 4.90 Å². The molecule has 1 aromatic rings. The van der Waals surface area contributed by atoms with Gasteiger partial charge in [-0.2, -0.15) is 4.76 Å². The number of hydrogen-bond acceptors (Lipinski definition) is 7. The largest absolute Gasteiger partial charge is 0.348 e. The number of rotatable bonds is 7. The van der Waals surface area contributed by atoms with Crippen LogP contribution in [-0.2, 0) is 28.7 Å². The van der Waals surface area contributed by atoms with Crippen LogP contribution in [0.25, 0.3) is 0 Å². The summed E-state index contributed by atoms with van der Waals surface area (Å²) in [4.78, 5) is 29.0. The van der Waals surface area contributed by atoms with E-state index in [4.69, 9.17) is 4.52 Å². The first kappa shape index (κ1) is 28.3. The number of fused-ring (bicyclic) bond motifs is 1. The SMILES string of the molecule is CCOP1(=O)N=C(C2C(=O)C(C(C)(C)C)N(CCC(C)(C)C)C2=O)Nc2ccc(NS(C)(=O)=O)cc21. The number of nitrogens with one attached hydrogen (secondary N) is 2. The minimum Gasteiger partial charge on any atom is -0.342 e. The molecule has 200 valence electrons. The van der Waals surface area contributed by atoms with E-state index >= 15 is 0 Å². The van der Waals surface area contributed by atoms with Crippen LogP contribution in [-0.4, -0.2) is 56.3 Å². The van der Waals surface area contributed by atoms with E-state index in [-0.39, 0.29) is 40.5 Å². The van der Waals surface area contributed by atoms with Crippen LogP contribution < -0.4 is 15.3 Å². The zero-order valence-electron chi connectivity index (χ0n) is 22.2. The third kappa shape index (κ3) is 6.01. The number of amidine groups is 1. The number of hydrogen-bond donors (Lipinski definition) is 2. The Kier molecular flexibility index (Phi) is 7.54. The Bertz CT molecular complexity index is 1250. The van der Waals surface area contributed by atoms with Gasteiger partial charge in [0.25, 0.3) is 0 Å². The highest BCUT2D eigenvalue weighted by molar-refractivity contribution is 7.92. The predicted molar refractivity (Wildman–Crippen MR) is 142 cm³/mol. The Hall–Kier alpha value is -2.23. The molecule has 36 heavy (non-hydrogen) atoms. The maximum absolute atomic E-state index is 13.9.